The Bertz CT molecular complexity index is 783. The van der Waals surface area contributed by atoms with Crippen molar-refractivity contribution in [1.82, 2.24) is 5.32 Å². The van der Waals surface area contributed by atoms with Gasteiger partial charge in [0.2, 0.25) is 12.7 Å². The number of nitrogens with one attached hydrogen (secondary N) is 1. The Morgan fingerprint density at radius 1 is 1.20 bits per heavy atom. The number of hydrogen-bond acceptors (Lipinski definition) is 4. The van der Waals surface area contributed by atoms with E-state index in [0.717, 1.165) is 22.6 Å². The molecule has 130 valence electrons. The standard InChI is InChI=1S/C20H21NO4/c1-14(2)25-17-5-3-4-15(10-17)7-9-20(22)21-12-16-6-8-18-19(11-16)24-13-23-18/h3-11,14H,12-13H2,1-2H3,(H,21,22)/b9-7+. The van der Waals surface area contributed by atoms with Crippen LogP contribution < -0.4 is 19.5 Å². The summed E-state index contributed by atoms with van der Waals surface area (Å²) in [7, 11) is 0. The molecular weight excluding hydrogens is 318 g/mol. The highest BCUT2D eigenvalue weighted by Gasteiger charge is 2.13. The van der Waals surface area contributed by atoms with E-state index in [9.17, 15) is 4.79 Å². The summed E-state index contributed by atoms with van der Waals surface area (Å²) in [5.74, 6) is 2.08. The summed E-state index contributed by atoms with van der Waals surface area (Å²) >= 11 is 0. The number of carbonyl (C=O) groups excluding carboxylic acids is 1. The molecule has 0 fully saturated rings. The zero-order chi connectivity index (χ0) is 17.6. The SMILES string of the molecule is CC(C)Oc1cccc(/C=C/C(=O)NCc2ccc3c(c2)OCO3)c1. The molecule has 1 aliphatic heterocycles. The predicted molar refractivity (Wildman–Crippen MR) is 95.7 cm³/mol. The maximum Gasteiger partial charge on any atom is 0.244 e. The second-order valence-electron chi connectivity index (χ2n) is 5.98. The molecule has 2 aromatic rings. The fraction of sp³-hybridized carbons (Fsp3) is 0.250. The number of rotatable bonds is 6. The van der Waals surface area contributed by atoms with E-state index >= 15 is 0 Å². The van der Waals surface area contributed by atoms with Crippen LogP contribution >= 0.6 is 0 Å². The molecule has 0 radical (unpaired) electrons. The third kappa shape index (κ3) is 4.76. The van der Waals surface area contributed by atoms with Crippen molar-refractivity contribution in [3.63, 3.8) is 0 Å². The molecule has 0 unspecified atom stereocenters. The molecule has 0 aliphatic carbocycles. The molecule has 0 bridgehead atoms. The average Bonchev–Trinajstić information content (AvgIpc) is 3.05. The molecule has 5 heteroatoms. The molecule has 0 aromatic heterocycles. The average molecular weight is 339 g/mol. The number of fused-ring (bicyclic) bond motifs is 1. The van der Waals surface area contributed by atoms with Crippen LogP contribution in [0.5, 0.6) is 17.2 Å². The van der Waals surface area contributed by atoms with Gasteiger partial charge in [0.15, 0.2) is 11.5 Å². The number of hydrogen-bond donors (Lipinski definition) is 1. The largest absolute Gasteiger partial charge is 0.491 e. The lowest BCUT2D eigenvalue weighted by molar-refractivity contribution is -0.116. The molecule has 5 nitrogen and oxygen atoms in total. The summed E-state index contributed by atoms with van der Waals surface area (Å²) in [4.78, 5) is 12.0. The van der Waals surface area contributed by atoms with E-state index in [0.29, 0.717) is 12.3 Å². The smallest absolute Gasteiger partial charge is 0.244 e. The Hall–Kier alpha value is -2.95. The first-order valence-electron chi connectivity index (χ1n) is 8.21. The van der Waals surface area contributed by atoms with E-state index in [-0.39, 0.29) is 18.8 Å². The van der Waals surface area contributed by atoms with Crippen LogP contribution in [0.1, 0.15) is 25.0 Å². The minimum absolute atomic E-state index is 0.115. The minimum atomic E-state index is -0.159. The van der Waals surface area contributed by atoms with Gasteiger partial charge in [0.25, 0.3) is 0 Å². The van der Waals surface area contributed by atoms with Gasteiger partial charge < -0.3 is 19.5 Å². The second kappa shape index (κ2) is 7.75. The zero-order valence-electron chi connectivity index (χ0n) is 14.3. The van der Waals surface area contributed by atoms with Crippen molar-refractivity contribution < 1.29 is 19.0 Å². The fourth-order valence-electron chi connectivity index (χ4n) is 2.43. The van der Waals surface area contributed by atoms with Gasteiger partial charge in [-0.15, -0.1) is 0 Å². The van der Waals surface area contributed by atoms with E-state index in [1.807, 2.05) is 56.3 Å². The van der Waals surface area contributed by atoms with Gasteiger partial charge in [-0.3, -0.25) is 4.79 Å². The monoisotopic (exact) mass is 339 g/mol. The van der Waals surface area contributed by atoms with Gasteiger partial charge >= 0.3 is 0 Å². The van der Waals surface area contributed by atoms with Crippen LogP contribution in [-0.2, 0) is 11.3 Å². The van der Waals surface area contributed by atoms with Gasteiger partial charge in [0.05, 0.1) is 6.10 Å². The van der Waals surface area contributed by atoms with E-state index in [4.69, 9.17) is 14.2 Å². The van der Waals surface area contributed by atoms with Crippen LogP contribution in [-0.4, -0.2) is 18.8 Å². The minimum Gasteiger partial charge on any atom is -0.491 e. The van der Waals surface area contributed by atoms with Gasteiger partial charge in [-0.2, -0.15) is 0 Å². The summed E-state index contributed by atoms with van der Waals surface area (Å²) in [6.07, 6.45) is 3.40. The third-order valence-electron chi connectivity index (χ3n) is 3.56. The second-order valence-corrected chi connectivity index (χ2v) is 5.98. The molecule has 25 heavy (non-hydrogen) atoms. The van der Waals surface area contributed by atoms with Gasteiger partial charge in [0, 0.05) is 12.6 Å². The fourth-order valence-corrected chi connectivity index (χ4v) is 2.43. The summed E-state index contributed by atoms with van der Waals surface area (Å²) < 4.78 is 16.2. The Kier molecular flexibility index (Phi) is 5.23. The molecule has 0 spiro atoms. The number of ether oxygens (including phenoxy) is 3. The molecule has 1 heterocycles. The van der Waals surface area contributed by atoms with E-state index in [1.54, 1.807) is 6.08 Å². The topological polar surface area (TPSA) is 56.8 Å². The van der Waals surface area contributed by atoms with Crippen molar-refractivity contribution in [2.24, 2.45) is 0 Å². The molecule has 0 atom stereocenters. The van der Waals surface area contributed by atoms with E-state index in [2.05, 4.69) is 5.32 Å². The lowest BCUT2D eigenvalue weighted by Crippen LogP contribution is -2.20. The van der Waals surface area contributed by atoms with Crippen molar-refractivity contribution in [1.29, 1.82) is 0 Å². The third-order valence-corrected chi connectivity index (χ3v) is 3.56. The Morgan fingerprint density at radius 3 is 2.88 bits per heavy atom. The van der Waals surface area contributed by atoms with Crippen molar-refractivity contribution >= 4 is 12.0 Å². The maximum absolute atomic E-state index is 12.0. The van der Waals surface area contributed by atoms with Crippen molar-refractivity contribution in [2.75, 3.05) is 6.79 Å². The predicted octanol–water partition coefficient (Wildman–Crippen LogP) is 3.53. The first-order valence-corrected chi connectivity index (χ1v) is 8.21. The molecule has 0 saturated heterocycles. The van der Waals surface area contributed by atoms with Gasteiger partial charge in [-0.05, 0) is 55.3 Å². The van der Waals surface area contributed by atoms with Crippen LogP contribution in [0.25, 0.3) is 6.08 Å². The van der Waals surface area contributed by atoms with Crippen molar-refractivity contribution in [3.05, 3.63) is 59.7 Å². The van der Waals surface area contributed by atoms with E-state index < -0.39 is 0 Å². The summed E-state index contributed by atoms with van der Waals surface area (Å²) in [5, 5.41) is 2.85. The molecule has 2 aromatic carbocycles. The molecular formula is C20H21NO4. The lowest BCUT2D eigenvalue weighted by Gasteiger charge is -2.09. The van der Waals surface area contributed by atoms with Gasteiger partial charge in [-0.25, -0.2) is 0 Å². The Labute approximate surface area is 147 Å². The normalized spacial score (nSPS) is 12.6. The quantitative estimate of drug-likeness (QED) is 0.818. The van der Waals surface area contributed by atoms with Gasteiger partial charge in [-0.1, -0.05) is 18.2 Å². The van der Waals surface area contributed by atoms with Crippen LogP contribution in [0.15, 0.2) is 48.5 Å². The Balaban J connectivity index is 1.54. The highest BCUT2D eigenvalue weighted by molar-refractivity contribution is 5.91. The first-order chi connectivity index (χ1) is 12.1. The van der Waals surface area contributed by atoms with Crippen LogP contribution in [0.2, 0.25) is 0 Å². The summed E-state index contributed by atoms with van der Waals surface area (Å²) in [6.45, 7) is 4.63. The highest BCUT2D eigenvalue weighted by atomic mass is 16.7. The number of amides is 1. The number of benzene rings is 2. The zero-order valence-corrected chi connectivity index (χ0v) is 14.3. The van der Waals surface area contributed by atoms with Crippen molar-refractivity contribution in [3.8, 4) is 17.2 Å². The van der Waals surface area contributed by atoms with Crippen molar-refractivity contribution in [2.45, 2.75) is 26.5 Å². The van der Waals surface area contributed by atoms with Gasteiger partial charge in [0.1, 0.15) is 5.75 Å². The molecule has 1 amide bonds. The Morgan fingerprint density at radius 2 is 2.04 bits per heavy atom. The molecule has 1 N–H and O–H groups in total. The summed E-state index contributed by atoms with van der Waals surface area (Å²) in [5.41, 5.74) is 1.87. The van der Waals surface area contributed by atoms with E-state index in [1.165, 1.54) is 6.08 Å². The van der Waals surface area contributed by atoms with Crippen LogP contribution in [0, 0.1) is 0 Å². The van der Waals surface area contributed by atoms with Crippen LogP contribution in [0.4, 0.5) is 0 Å². The van der Waals surface area contributed by atoms with Crippen LogP contribution in [0.3, 0.4) is 0 Å². The number of carbonyl (C=O) groups is 1. The molecule has 0 saturated carbocycles. The summed E-state index contributed by atoms with van der Waals surface area (Å²) in [6, 6.07) is 13.3. The first kappa shape index (κ1) is 16.9. The maximum atomic E-state index is 12.0. The lowest BCUT2D eigenvalue weighted by atomic mass is 10.2. The highest BCUT2D eigenvalue weighted by Crippen LogP contribution is 2.32. The molecule has 3 rings (SSSR count). The molecule has 1 aliphatic rings.